The van der Waals surface area contributed by atoms with Crippen molar-refractivity contribution >= 4 is 11.6 Å². The molecule has 0 fully saturated rings. The summed E-state index contributed by atoms with van der Waals surface area (Å²) in [5.41, 5.74) is 2.88. The molecule has 3 rings (SSSR count). The zero-order chi connectivity index (χ0) is 17.1. The molecule has 0 N–H and O–H groups in total. The van der Waals surface area contributed by atoms with Crippen molar-refractivity contribution < 1.29 is 14.3 Å². The van der Waals surface area contributed by atoms with Crippen molar-refractivity contribution in [3.05, 3.63) is 59.7 Å². The lowest BCUT2D eigenvalue weighted by Gasteiger charge is -2.20. The molecule has 0 bridgehead atoms. The quantitative estimate of drug-likeness (QED) is 0.866. The summed E-state index contributed by atoms with van der Waals surface area (Å²) in [5.74, 6) is 1.49. The molecule has 0 aromatic heterocycles. The Morgan fingerprint density at radius 1 is 1.08 bits per heavy atom. The molecular formula is C19H20N2O3. The molecule has 1 aliphatic rings. The fourth-order valence-corrected chi connectivity index (χ4v) is 2.86. The highest BCUT2D eigenvalue weighted by molar-refractivity contribution is 6.03. The van der Waals surface area contributed by atoms with Gasteiger partial charge in [-0.3, -0.25) is 4.79 Å². The van der Waals surface area contributed by atoms with E-state index >= 15 is 0 Å². The van der Waals surface area contributed by atoms with Crippen LogP contribution in [0.4, 0.5) is 0 Å². The number of methoxy groups -OCH3 is 2. The van der Waals surface area contributed by atoms with Gasteiger partial charge in [-0.05, 0) is 29.8 Å². The van der Waals surface area contributed by atoms with Crippen LogP contribution >= 0.6 is 0 Å². The van der Waals surface area contributed by atoms with Gasteiger partial charge in [-0.25, -0.2) is 5.01 Å². The molecule has 2 aromatic rings. The third-order valence-corrected chi connectivity index (χ3v) is 4.14. The van der Waals surface area contributed by atoms with Crippen LogP contribution in [0.1, 0.15) is 30.5 Å². The van der Waals surface area contributed by atoms with Crippen molar-refractivity contribution in [3.8, 4) is 11.5 Å². The van der Waals surface area contributed by atoms with E-state index in [0.717, 1.165) is 28.3 Å². The fourth-order valence-electron chi connectivity index (χ4n) is 2.86. The summed E-state index contributed by atoms with van der Waals surface area (Å²) in [6.07, 6.45) is 0.666. The minimum atomic E-state index is -0.102. The molecular weight excluding hydrogens is 304 g/mol. The molecule has 5 nitrogen and oxygen atoms in total. The number of hydrogen-bond acceptors (Lipinski definition) is 4. The molecule has 0 radical (unpaired) electrons. The van der Waals surface area contributed by atoms with E-state index < -0.39 is 0 Å². The Balaban J connectivity index is 1.91. The van der Waals surface area contributed by atoms with Gasteiger partial charge >= 0.3 is 0 Å². The van der Waals surface area contributed by atoms with Crippen LogP contribution in [0.25, 0.3) is 0 Å². The number of amides is 1. The van der Waals surface area contributed by atoms with Crippen molar-refractivity contribution in [3.63, 3.8) is 0 Å². The van der Waals surface area contributed by atoms with E-state index in [9.17, 15) is 4.79 Å². The lowest BCUT2D eigenvalue weighted by Crippen LogP contribution is -2.24. The normalized spacial score (nSPS) is 16.7. The zero-order valence-corrected chi connectivity index (χ0v) is 14.0. The molecule has 0 unspecified atom stereocenters. The lowest BCUT2D eigenvalue weighted by molar-refractivity contribution is -0.130. The minimum absolute atomic E-state index is 0.0753. The minimum Gasteiger partial charge on any atom is -0.497 e. The Kier molecular flexibility index (Phi) is 4.51. The van der Waals surface area contributed by atoms with Gasteiger partial charge in [-0.2, -0.15) is 5.10 Å². The Morgan fingerprint density at radius 2 is 1.79 bits per heavy atom. The van der Waals surface area contributed by atoms with Crippen LogP contribution in [0, 0.1) is 0 Å². The Morgan fingerprint density at radius 3 is 2.42 bits per heavy atom. The topological polar surface area (TPSA) is 51.1 Å². The van der Waals surface area contributed by atoms with E-state index in [1.807, 2.05) is 48.5 Å². The lowest BCUT2D eigenvalue weighted by atomic mass is 9.98. The maximum atomic E-state index is 12.0. The highest BCUT2D eigenvalue weighted by Gasteiger charge is 2.31. The molecule has 0 spiro atoms. The molecule has 5 heteroatoms. The molecule has 1 atom stereocenters. The van der Waals surface area contributed by atoms with Crippen LogP contribution in [0.3, 0.4) is 0 Å². The second kappa shape index (κ2) is 6.74. The summed E-state index contributed by atoms with van der Waals surface area (Å²) in [7, 11) is 3.27. The molecule has 124 valence electrons. The highest BCUT2D eigenvalue weighted by atomic mass is 16.5. The Labute approximate surface area is 141 Å². The summed E-state index contributed by atoms with van der Waals surface area (Å²) in [5, 5.41) is 6.10. The van der Waals surface area contributed by atoms with E-state index in [4.69, 9.17) is 9.47 Å². The van der Waals surface area contributed by atoms with Crippen LogP contribution in [0.2, 0.25) is 0 Å². The molecule has 0 aliphatic carbocycles. The van der Waals surface area contributed by atoms with Gasteiger partial charge in [0.15, 0.2) is 0 Å². The first-order chi connectivity index (χ1) is 11.6. The van der Waals surface area contributed by atoms with Crippen LogP contribution in [-0.2, 0) is 4.79 Å². The van der Waals surface area contributed by atoms with E-state index in [-0.39, 0.29) is 11.9 Å². The van der Waals surface area contributed by atoms with E-state index in [2.05, 4.69) is 5.10 Å². The summed E-state index contributed by atoms with van der Waals surface area (Å²) < 4.78 is 10.5. The smallest absolute Gasteiger partial charge is 0.240 e. The van der Waals surface area contributed by atoms with Crippen LogP contribution < -0.4 is 9.47 Å². The average molecular weight is 324 g/mol. The van der Waals surface area contributed by atoms with Gasteiger partial charge < -0.3 is 9.47 Å². The third kappa shape index (κ3) is 3.11. The summed E-state index contributed by atoms with van der Waals surface area (Å²) >= 11 is 0. The first kappa shape index (κ1) is 16.1. The monoisotopic (exact) mass is 324 g/mol. The average Bonchev–Trinajstić information content (AvgIpc) is 3.07. The number of hydrazone groups is 1. The highest BCUT2D eigenvalue weighted by Crippen LogP contribution is 2.34. The molecule has 1 heterocycles. The first-order valence-corrected chi connectivity index (χ1v) is 7.78. The van der Waals surface area contributed by atoms with Crippen molar-refractivity contribution in [1.29, 1.82) is 0 Å². The Bertz CT molecular complexity index is 768. The third-order valence-electron chi connectivity index (χ3n) is 4.14. The predicted octanol–water partition coefficient (Wildman–Crippen LogP) is 3.40. The van der Waals surface area contributed by atoms with Crippen LogP contribution in [0.15, 0.2) is 53.6 Å². The second-order valence-corrected chi connectivity index (χ2v) is 5.64. The summed E-state index contributed by atoms with van der Waals surface area (Å²) in [6.45, 7) is 1.54. The maximum Gasteiger partial charge on any atom is 0.240 e. The van der Waals surface area contributed by atoms with E-state index in [0.29, 0.717) is 6.42 Å². The number of benzene rings is 2. The second-order valence-electron chi connectivity index (χ2n) is 5.64. The molecule has 0 saturated carbocycles. The fraction of sp³-hybridized carbons (Fsp3) is 0.263. The van der Waals surface area contributed by atoms with Crippen LogP contribution in [0.5, 0.6) is 11.5 Å². The number of carbonyl (C=O) groups is 1. The number of ether oxygens (including phenoxy) is 2. The first-order valence-electron chi connectivity index (χ1n) is 7.78. The van der Waals surface area contributed by atoms with Gasteiger partial charge in [-0.1, -0.05) is 24.3 Å². The molecule has 1 amide bonds. The zero-order valence-electron chi connectivity index (χ0n) is 14.0. The number of carbonyl (C=O) groups excluding carboxylic acids is 1. The van der Waals surface area contributed by atoms with Gasteiger partial charge in [0.1, 0.15) is 11.5 Å². The van der Waals surface area contributed by atoms with E-state index in [1.165, 1.54) is 6.92 Å². The van der Waals surface area contributed by atoms with Crippen molar-refractivity contribution in [2.24, 2.45) is 5.10 Å². The van der Waals surface area contributed by atoms with Crippen molar-refractivity contribution in [1.82, 2.24) is 5.01 Å². The van der Waals surface area contributed by atoms with Gasteiger partial charge in [0, 0.05) is 18.9 Å². The number of hydrogen-bond donors (Lipinski definition) is 0. The molecule has 24 heavy (non-hydrogen) atoms. The molecule has 1 aliphatic heterocycles. The van der Waals surface area contributed by atoms with Gasteiger partial charge in [0.25, 0.3) is 0 Å². The van der Waals surface area contributed by atoms with Gasteiger partial charge in [-0.15, -0.1) is 0 Å². The standard InChI is InChI=1S/C19H20N2O3/c1-13(22)21-19(14-7-9-16(23-2)10-8-14)12-18(20-21)15-5-4-6-17(11-15)24-3/h4-11,19H,12H2,1-3H3/t19-/m0/s1. The maximum absolute atomic E-state index is 12.0. The molecule has 2 aromatic carbocycles. The summed E-state index contributed by atoms with van der Waals surface area (Å²) in [4.78, 5) is 12.0. The van der Waals surface area contributed by atoms with Crippen molar-refractivity contribution in [2.75, 3.05) is 14.2 Å². The summed E-state index contributed by atoms with van der Waals surface area (Å²) in [6, 6.07) is 15.4. The molecule has 0 saturated heterocycles. The van der Waals surface area contributed by atoms with Crippen molar-refractivity contribution in [2.45, 2.75) is 19.4 Å². The Hall–Kier alpha value is -2.82. The van der Waals surface area contributed by atoms with Gasteiger partial charge in [0.05, 0.1) is 26.0 Å². The van der Waals surface area contributed by atoms with E-state index in [1.54, 1.807) is 19.2 Å². The number of nitrogens with zero attached hydrogens (tertiary/aromatic N) is 2. The number of rotatable bonds is 4. The largest absolute Gasteiger partial charge is 0.497 e. The van der Waals surface area contributed by atoms with Gasteiger partial charge in [0.2, 0.25) is 5.91 Å². The SMILES string of the molecule is COc1ccc([C@@H]2CC(c3cccc(OC)c3)=NN2C(C)=O)cc1. The van der Waals surface area contributed by atoms with Crippen LogP contribution in [-0.4, -0.2) is 30.8 Å². The predicted molar refractivity (Wildman–Crippen MR) is 92.4 cm³/mol.